The van der Waals surface area contributed by atoms with Crippen molar-refractivity contribution in [2.24, 2.45) is 18.9 Å². The number of fused-ring (bicyclic) bond motifs is 2. The highest BCUT2D eigenvalue weighted by molar-refractivity contribution is 5.29. The van der Waals surface area contributed by atoms with E-state index in [2.05, 4.69) is 33.1 Å². The lowest BCUT2D eigenvalue weighted by molar-refractivity contribution is -0.155. The Morgan fingerprint density at radius 3 is 2.61 bits per heavy atom. The normalized spacial score (nSPS) is 26.0. The van der Waals surface area contributed by atoms with Crippen molar-refractivity contribution in [2.75, 3.05) is 13.1 Å². The largest absolute Gasteiger partial charge is 0.487 e. The lowest BCUT2D eigenvalue weighted by Gasteiger charge is -2.52. The maximum atomic E-state index is 11.8. The first-order valence-corrected chi connectivity index (χ1v) is 11.2. The Bertz CT molecular complexity index is 1010. The first kappa shape index (κ1) is 20.2. The van der Waals surface area contributed by atoms with Crippen molar-refractivity contribution >= 4 is 0 Å². The number of aryl methyl sites for hydroxylation is 1. The smallest absolute Gasteiger partial charge is 0.141 e. The molecule has 31 heavy (non-hydrogen) atoms. The van der Waals surface area contributed by atoms with Gasteiger partial charge in [0, 0.05) is 57.1 Å². The number of hydrogen-bond donors (Lipinski definition) is 1. The van der Waals surface area contributed by atoms with E-state index in [-0.39, 0.29) is 11.8 Å². The Labute approximate surface area is 183 Å². The monoisotopic (exact) mass is 418 g/mol. The number of benzene rings is 1. The van der Waals surface area contributed by atoms with Gasteiger partial charge < -0.3 is 14.4 Å². The summed E-state index contributed by atoms with van der Waals surface area (Å²) in [5.41, 5.74) is 1.34. The van der Waals surface area contributed by atoms with Crippen LogP contribution in [-0.2, 0) is 25.8 Å². The van der Waals surface area contributed by atoms with Crippen LogP contribution in [0.15, 0.2) is 61.1 Å². The number of hydrogen-bond acceptors (Lipinski definition) is 5. The first-order valence-electron chi connectivity index (χ1n) is 11.2. The van der Waals surface area contributed by atoms with Crippen LogP contribution in [0.4, 0.5) is 0 Å². The Balaban J connectivity index is 1.27. The predicted octanol–water partition coefficient (Wildman–Crippen LogP) is 3.51. The van der Waals surface area contributed by atoms with Gasteiger partial charge >= 0.3 is 0 Å². The molecule has 2 fully saturated rings. The molecular weight excluding hydrogens is 388 g/mol. The summed E-state index contributed by atoms with van der Waals surface area (Å²) >= 11 is 0. The number of piperidine rings is 1. The summed E-state index contributed by atoms with van der Waals surface area (Å²) in [7, 11) is 1.98. The quantitative estimate of drug-likeness (QED) is 0.664. The number of imidazole rings is 1. The van der Waals surface area contributed by atoms with Crippen LogP contribution in [0.25, 0.3) is 0 Å². The van der Waals surface area contributed by atoms with Crippen LogP contribution in [0.5, 0.6) is 5.75 Å². The maximum absolute atomic E-state index is 11.8. The van der Waals surface area contributed by atoms with Crippen LogP contribution in [0.1, 0.15) is 36.3 Å². The van der Waals surface area contributed by atoms with Crippen molar-refractivity contribution in [3.05, 3.63) is 78.1 Å². The molecule has 0 radical (unpaired) electrons. The molecule has 162 valence electrons. The number of ether oxygens (including phenoxy) is 1. The van der Waals surface area contributed by atoms with E-state index in [0.717, 1.165) is 49.7 Å². The van der Waals surface area contributed by atoms with Crippen LogP contribution in [0.2, 0.25) is 0 Å². The zero-order valence-corrected chi connectivity index (χ0v) is 18.0. The van der Waals surface area contributed by atoms with Gasteiger partial charge in [0.2, 0.25) is 0 Å². The molecule has 3 heterocycles. The van der Waals surface area contributed by atoms with E-state index in [4.69, 9.17) is 4.74 Å². The zero-order valence-electron chi connectivity index (χ0n) is 18.0. The zero-order chi connectivity index (χ0) is 21.3. The third-order valence-corrected chi connectivity index (χ3v) is 6.90. The molecule has 3 aromatic rings. The number of rotatable bonds is 6. The summed E-state index contributed by atoms with van der Waals surface area (Å²) in [6.07, 6.45) is 8.80. The lowest BCUT2D eigenvalue weighted by Crippen LogP contribution is -2.58. The van der Waals surface area contributed by atoms with Crippen molar-refractivity contribution in [2.45, 2.75) is 38.0 Å². The van der Waals surface area contributed by atoms with Gasteiger partial charge in [0.15, 0.2) is 0 Å². The fourth-order valence-corrected chi connectivity index (χ4v) is 5.42. The van der Waals surface area contributed by atoms with Crippen LogP contribution in [0, 0.1) is 11.8 Å². The highest BCUT2D eigenvalue weighted by atomic mass is 16.5. The summed E-state index contributed by atoms with van der Waals surface area (Å²) in [6.45, 7) is 3.11. The number of likely N-dealkylation sites (tertiary alicyclic amines) is 1. The number of aromatic nitrogens is 3. The molecule has 0 unspecified atom stereocenters. The second-order valence-corrected chi connectivity index (χ2v) is 8.96. The van der Waals surface area contributed by atoms with Crippen LogP contribution in [0.3, 0.4) is 0 Å². The van der Waals surface area contributed by atoms with Crippen LogP contribution < -0.4 is 4.74 Å². The summed E-state index contributed by atoms with van der Waals surface area (Å²) < 4.78 is 7.95. The maximum Gasteiger partial charge on any atom is 0.141 e. The van der Waals surface area contributed by atoms with Gasteiger partial charge in [0.05, 0.1) is 5.69 Å². The third kappa shape index (κ3) is 3.98. The van der Waals surface area contributed by atoms with E-state index >= 15 is 0 Å². The molecular formula is C25H30N4O2. The third-order valence-electron chi connectivity index (χ3n) is 6.90. The van der Waals surface area contributed by atoms with Gasteiger partial charge in [-0.2, -0.15) is 0 Å². The fourth-order valence-electron chi connectivity index (χ4n) is 5.42. The van der Waals surface area contributed by atoms with Gasteiger partial charge in [-0.15, -0.1) is 0 Å². The summed E-state index contributed by atoms with van der Waals surface area (Å²) in [4.78, 5) is 11.3. The van der Waals surface area contributed by atoms with Gasteiger partial charge in [-0.05, 0) is 42.7 Å². The minimum Gasteiger partial charge on any atom is -0.487 e. The summed E-state index contributed by atoms with van der Waals surface area (Å²) in [5.74, 6) is 2.12. The molecule has 1 aliphatic heterocycles. The van der Waals surface area contributed by atoms with E-state index in [1.54, 1.807) is 12.4 Å². The molecule has 2 aliphatic rings. The van der Waals surface area contributed by atoms with Gasteiger partial charge in [-0.1, -0.05) is 24.6 Å². The summed E-state index contributed by atoms with van der Waals surface area (Å²) in [6, 6.07) is 14.2. The number of aliphatic hydroxyl groups is 1. The molecule has 2 bridgehead atoms. The topological polar surface area (TPSA) is 63.4 Å². The SMILES string of the molecule is Cn1ccnc1C1(O)[C@@H]2CCC[C@@H]1CN(Cc1cccc(OCc3ccccn3)c1)C2. The highest BCUT2D eigenvalue weighted by Gasteiger charge is 2.53. The average molecular weight is 419 g/mol. The molecule has 6 heteroatoms. The minimum atomic E-state index is -0.819. The molecule has 1 saturated heterocycles. The first-order chi connectivity index (χ1) is 15.1. The van der Waals surface area contributed by atoms with E-state index in [1.165, 1.54) is 12.0 Å². The van der Waals surface area contributed by atoms with E-state index in [9.17, 15) is 5.11 Å². The second kappa shape index (κ2) is 8.44. The van der Waals surface area contributed by atoms with E-state index in [0.29, 0.717) is 6.61 Å². The number of nitrogens with zero attached hydrogens (tertiary/aromatic N) is 4. The summed E-state index contributed by atoms with van der Waals surface area (Å²) in [5, 5.41) is 11.8. The fraction of sp³-hybridized carbons (Fsp3) is 0.440. The lowest BCUT2D eigenvalue weighted by atomic mass is 9.65. The van der Waals surface area contributed by atoms with E-state index in [1.807, 2.05) is 42.1 Å². The highest BCUT2D eigenvalue weighted by Crippen LogP contribution is 2.48. The number of pyridine rings is 1. The average Bonchev–Trinajstić information content (AvgIpc) is 3.21. The van der Waals surface area contributed by atoms with E-state index < -0.39 is 5.60 Å². The molecule has 1 saturated carbocycles. The second-order valence-electron chi connectivity index (χ2n) is 8.96. The Morgan fingerprint density at radius 1 is 1.06 bits per heavy atom. The van der Waals surface area contributed by atoms with Gasteiger partial charge in [-0.3, -0.25) is 9.88 Å². The molecule has 1 N–H and O–H groups in total. The molecule has 0 spiro atoms. The van der Waals surface area contributed by atoms with Crippen molar-refractivity contribution in [3.63, 3.8) is 0 Å². The van der Waals surface area contributed by atoms with Gasteiger partial charge in [0.25, 0.3) is 0 Å². The van der Waals surface area contributed by atoms with Crippen molar-refractivity contribution in [1.82, 2.24) is 19.4 Å². The predicted molar refractivity (Wildman–Crippen MR) is 118 cm³/mol. The van der Waals surface area contributed by atoms with Crippen LogP contribution in [-0.4, -0.2) is 37.6 Å². The Morgan fingerprint density at radius 2 is 1.90 bits per heavy atom. The van der Waals surface area contributed by atoms with Gasteiger partial charge in [0.1, 0.15) is 23.8 Å². The molecule has 0 amide bonds. The van der Waals surface area contributed by atoms with Crippen LogP contribution >= 0.6 is 0 Å². The van der Waals surface area contributed by atoms with Gasteiger partial charge in [-0.25, -0.2) is 4.98 Å². The van der Waals surface area contributed by atoms with Crippen molar-refractivity contribution in [1.29, 1.82) is 0 Å². The molecule has 5 rings (SSSR count). The minimum absolute atomic E-state index is 0.213. The Hall–Kier alpha value is -2.70. The Kier molecular flexibility index (Phi) is 5.50. The van der Waals surface area contributed by atoms with Crippen molar-refractivity contribution in [3.8, 4) is 5.75 Å². The molecule has 1 aromatic carbocycles. The standard InChI is InChI=1S/C25H30N4O2/c1-28-13-12-27-24(28)25(30)20-7-5-8-21(25)17-29(16-20)15-19-6-4-10-23(14-19)31-18-22-9-2-3-11-26-22/h2-4,6,9-14,20-21,30H,5,7-8,15-18H2,1H3/t20-,21-/m1/s1. The van der Waals surface area contributed by atoms with Crippen molar-refractivity contribution < 1.29 is 9.84 Å². The molecule has 2 atom stereocenters. The molecule has 1 aliphatic carbocycles. The molecule has 6 nitrogen and oxygen atoms in total. The molecule has 2 aromatic heterocycles.